The van der Waals surface area contributed by atoms with E-state index in [0.29, 0.717) is 23.4 Å². The smallest absolute Gasteiger partial charge is 0.339 e. The van der Waals surface area contributed by atoms with Crippen LogP contribution in [-0.4, -0.2) is 73.3 Å². The van der Waals surface area contributed by atoms with Crippen LogP contribution in [0.1, 0.15) is 62.4 Å². The number of methoxy groups -OCH3 is 1. The van der Waals surface area contributed by atoms with Gasteiger partial charge in [-0.25, -0.2) is 4.79 Å². The lowest BCUT2D eigenvalue weighted by molar-refractivity contribution is 0.0601. The average molecular weight is 654 g/mol. The molecule has 4 heterocycles. The van der Waals surface area contributed by atoms with Crippen LogP contribution in [0.4, 0.5) is 17.1 Å². The van der Waals surface area contributed by atoms with E-state index in [1.807, 2.05) is 30.5 Å². The molecule has 3 aliphatic rings. The number of fused-ring (bicyclic) bond motifs is 2. The van der Waals surface area contributed by atoms with Crippen molar-refractivity contribution in [1.29, 1.82) is 0 Å². The number of aromatic amines is 1. The molecule has 2 aromatic heterocycles. The fourth-order valence-electron chi connectivity index (χ4n) is 7.29. The van der Waals surface area contributed by atoms with Gasteiger partial charge in [-0.05, 0) is 85.2 Å². The summed E-state index contributed by atoms with van der Waals surface area (Å²) in [4.78, 5) is 28.3. The van der Waals surface area contributed by atoms with Crippen LogP contribution >= 0.6 is 11.6 Å². The van der Waals surface area contributed by atoms with E-state index in [-0.39, 0.29) is 12.1 Å². The van der Waals surface area contributed by atoms with Gasteiger partial charge < -0.3 is 24.3 Å². The molecule has 7 rings (SSSR count). The molecule has 2 aliphatic heterocycles. The second-order valence-electron chi connectivity index (χ2n) is 14.0. The first kappa shape index (κ1) is 31.6. The number of carbonyl (C=O) groups is 1. The Labute approximate surface area is 282 Å². The molecule has 2 aromatic carbocycles. The number of aromatic nitrogens is 2. The van der Waals surface area contributed by atoms with Gasteiger partial charge in [0.1, 0.15) is 11.3 Å². The lowest BCUT2D eigenvalue weighted by atomic mass is 9.72. The van der Waals surface area contributed by atoms with Crippen molar-refractivity contribution in [1.82, 2.24) is 14.9 Å². The Hall–Kier alpha value is -4.01. The van der Waals surface area contributed by atoms with Gasteiger partial charge in [-0.15, -0.1) is 0 Å². The summed E-state index contributed by atoms with van der Waals surface area (Å²) < 4.78 is 11.5. The maximum absolute atomic E-state index is 13.1. The monoisotopic (exact) mass is 653 g/mol. The Kier molecular flexibility index (Phi) is 8.66. The summed E-state index contributed by atoms with van der Waals surface area (Å²) in [6.07, 6.45) is 6.10. The summed E-state index contributed by atoms with van der Waals surface area (Å²) in [6, 6.07) is 18.6. The minimum atomic E-state index is -0.354. The fraction of sp³-hybridized carbons (Fsp3) is 0.421. The van der Waals surface area contributed by atoms with Gasteiger partial charge in [0.25, 0.3) is 0 Å². The molecule has 9 heteroatoms. The second kappa shape index (κ2) is 12.9. The highest BCUT2D eigenvalue weighted by Crippen LogP contribution is 2.44. The Morgan fingerprint density at radius 1 is 1.04 bits per heavy atom. The normalized spacial score (nSPS) is 20.1. The van der Waals surface area contributed by atoms with Crippen LogP contribution < -0.4 is 14.5 Å². The minimum Gasteiger partial charge on any atom is -0.473 e. The highest BCUT2D eigenvalue weighted by molar-refractivity contribution is 6.30. The molecule has 8 nitrogen and oxygen atoms in total. The van der Waals surface area contributed by atoms with E-state index in [9.17, 15) is 4.79 Å². The predicted molar refractivity (Wildman–Crippen MR) is 190 cm³/mol. The van der Waals surface area contributed by atoms with Crippen molar-refractivity contribution < 1.29 is 14.3 Å². The first-order valence-corrected chi connectivity index (χ1v) is 17.1. The molecule has 4 aromatic rings. The zero-order valence-corrected chi connectivity index (χ0v) is 28.6. The molecule has 246 valence electrons. The molecule has 47 heavy (non-hydrogen) atoms. The zero-order valence-electron chi connectivity index (χ0n) is 27.8. The maximum atomic E-state index is 13.1. The third-order valence-electron chi connectivity index (χ3n) is 10.1. The van der Waals surface area contributed by atoms with Crippen molar-refractivity contribution in [3.63, 3.8) is 0 Å². The van der Waals surface area contributed by atoms with Crippen molar-refractivity contribution in [2.75, 3.05) is 56.2 Å². The first-order valence-electron chi connectivity index (χ1n) is 16.8. The van der Waals surface area contributed by atoms with Crippen LogP contribution in [-0.2, 0) is 4.74 Å². The van der Waals surface area contributed by atoms with Gasteiger partial charge in [0.2, 0.25) is 5.88 Å². The van der Waals surface area contributed by atoms with Gasteiger partial charge >= 0.3 is 5.97 Å². The van der Waals surface area contributed by atoms with Gasteiger partial charge in [-0.1, -0.05) is 43.2 Å². The number of H-pyrrole nitrogens is 1. The third-order valence-corrected chi connectivity index (χ3v) is 10.3. The standard InChI is InChI=1S/C38H44ClN5O3/c1-25-13-16-44(34-21-27-12-15-40-35(27)41-36(34)47-25)33-22-30(9-10-31(33)37(45)46-4)43-19-17-42(18-20-43)24-28-11-14-38(2,3)23-32(28)26-5-7-29(39)8-6-26/h5-10,12,15,21-22,25H,11,13-14,16-20,23-24H2,1-4H3,(H,40,41)/t25-/m1/s1. The Morgan fingerprint density at radius 2 is 1.83 bits per heavy atom. The topological polar surface area (TPSA) is 73.9 Å². The molecule has 1 aliphatic carbocycles. The number of benzene rings is 2. The molecule has 1 saturated heterocycles. The first-order chi connectivity index (χ1) is 22.7. The number of nitrogens with zero attached hydrogens (tertiary/aromatic N) is 4. The van der Waals surface area contributed by atoms with Crippen LogP contribution in [0.15, 0.2) is 66.4 Å². The summed E-state index contributed by atoms with van der Waals surface area (Å²) in [5, 5.41) is 1.78. The van der Waals surface area contributed by atoms with Crippen LogP contribution in [0.5, 0.6) is 5.88 Å². The van der Waals surface area contributed by atoms with Crippen LogP contribution in [0.3, 0.4) is 0 Å². The largest absolute Gasteiger partial charge is 0.473 e. The summed E-state index contributed by atoms with van der Waals surface area (Å²) in [5.74, 6) is 0.213. The number of pyridine rings is 1. The van der Waals surface area contributed by atoms with E-state index in [1.54, 1.807) is 5.57 Å². The quantitative estimate of drug-likeness (QED) is 0.211. The molecule has 1 atom stereocenters. The summed E-state index contributed by atoms with van der Waals surface area (Å²) >= 11 is 6.24. The number of halogens is 1. The zero-order chi connectivity index (χ0) is 32.7. The molecule has 0 amide bonds. The van der Waals surface area contributed by atoms with Crippen molar-refractivity contribution in [3.05, 3.63) is 82.5 Å². The Balaban J connectivity index is 1.14. The predicted octanol–water partition coefficient (Wildman–Crippen LogP) is 8.10. The Bertz CT molecular complexity index is 1810. The van der Waals surface area contributed by atoms with Crippen molar-refractivity contribution in [3.8, 4) is 5.88 Å². The van der Waals surface area contributed by atoms with E-state index in [2.05, 4.69) is 70.8 Å². The number of anilines is 3. The molecule has 1 fully saturated rings. The number of nitrogens with one attached hydrogen (secondary N) is 1. The van der Waals surface area contributed by atoms with E-state index >= 15 is 0 Å². The minimum absolute atomic E-state index is 0.0120. The van der Waals surface area contributed by atoms with E-state index in [4.69, 9.17) is 26.1 Å². The number of ether oxygens (including phenoxy) is 2. The van der Waals surface area contributed by atoms with Gasteiger partial charge in [0, 0.05) is 68.0 Å². The number of carbonyl (C=O) groups excluding carboxylic acids is 1. The fourth-order valence-corrected chi connectivity index (χ4v) is 7.41. The summed E-state index contributed by atoms with van der Waals surface area (Å²) in [5.41, 5.74) is 8.74. The lowest BCUT2D eigenvalue weighted by Gasteiger charge is -2.39. The summed E-state index contributed by atoms with van der Waals surface area (Å²) in [7, 11) is 1.44. The van der Waals surface area contributed by atoms with Crippen molar-refractivity contribution in [2.24, 2.45) is 5.41 Å². The van der Waals surface area contributed by atoms with Gasteiger partial charge in [0.15, 0.2) is 0 Å². The Morgan fingerprint density at radius 3 is 2.60 bits per heavy atom. The summed E-state index contributed by atoms with van der Waals surface area (Å²) in [6.45, 7) is 12.3. The van der Waals surface area contributed by atoms with Gasteiger partial charge in [0.05, 0.1) is 24.5 Å². The molecular formula is C38H44ClN5O3. The third kappa shape index (κ3) is 6.58. The highest BCUT2D eigenvalue weighted by atomic mass is 35.5. The number of esters is 1. The maximum Gasteiger partial charge on any atom is 0.339 e. The molecule has 0 saturated carbocycles. The SMILES string of the molecule is COC(=O)c1ccc(N2CCN(CC3=C(c4ccc(Cl)cc4)CC(C)(C)CC3)CC2)cc1N1CC[C@@H](C)Oc2nc3[nH]ccc3cc21. The molecule has 0 bridgehead atoms. The van der Waals surface area contributed by atoms with E-state index < -0.39 is 0 Å². The van der Waals surface area contributed by atoms with Crippen LogP contribution in [0, 0.1) is 5.41 Å². The van der Waals surface area contributed by atoms with E-state index in [0.717, 1.165) is 85.1 Å². The number of hydrogen-bond acceptors (Lipinski definition) is 7. The number of rotatable bonds is 6. The number of allylic oxidation sites excluding steroid dienone is 1. The number of hydrogen-bond donors (Lipinski definition) is 1. The molecule has 0 radical (unpaired) electrons. The molecule has 1 N–H and O–H groups in total. The van der Waals surface area contributed by atoms with E-state index in [1.165, 1.54) is 24.7 Å². The van der Waals surface area contributed by atoms with Crippen molar-refractivity contribution in [2.45, 2.75) is 52.6 Å². The molecule has 0 unspecified atom stereocenters. The van der Waals surface area contributed by atoms with Crippen molar-refractivity contribution >= 4 is 51.2 Å². The van der Waals surface area contributed by atoms with Crippen LogP contribution in [0.2, 0.25) is 5.02 Å². The second-order valence-corrected chi connectivity index (χ2v) is 14.4. The molecule has 0 spiro atoms. The highest BCUT2D eigenvalue weighted by Gasteiger charge is 2.31. The average Bonchev–Trinajstić information content (AvgIpc) is 3.46. The number of piperazine rings is 1. The molecular weight excluding hydrogens is 610 g/mol. The van der Waals surface area contributed by atoms with Crippen LogP contribution in [0.25, 0.3) is 16.6 Å². The van der Waals surface area contributed by atoms with Gasteiger partial charge in [-0.3, -0.25) is 4.90 Å². The lowest BCUT2D eigenvalue weighted by Crippen LogP contribution is -2.47. The van der Waals surface area contributed by atoms with Gasteiger partial charge in [-0.2, -0.15) is 4.98 Å².